The van der Waals surface area contributed by atoms with Crippen molar-refractivity contribution < 1.29 is 12.8 Å². The van der Waals surface area contributed by atoms with E-state index in [1.807, 2.05) is 0 Å². The highest BCUT2D eigenvalue weighted by molar-refractivity contribution is 7.89. The monoisotopic (exact) mass is 300 g/mol. The third-order valence-corrected chi connectivity index (χ3v) is 5.43. The first kappa shape index (κ1) is 15.5. The summed E-state index contributed by atoms with van der Waals surface area (Å²) in [5.74, 6) is 1.39. The Morgan fingerprint density at radius 2 is 2.05 bits per heavy atom. The molecule has 1 saturated carbocycles. The fourth-order valence-corrected chi connectivity index (χ4v) is 3.56. The van der Waals surface area contributed by atoms with Crippen LogP contribution in [0.15, 0.2) is 21.6 Å². The first-order valence-electron chi connectivity index (χ1n) is 7.32. The summed E-state index contributed by atoms with van der Waals surface area (Å²) in [7, 11) is -2.10. The van der Waals surface area contributed by atoms with Crippen LogP contribution in [0.3, 0.4) is 0 Å². The number of hydrogen-bond acceptors (Lipinski definition) is 4. The van der Waals surface area contributed by atoms with E-state index in [2.05, 4.69) is 17.0 Å². The van der Waals surface area contributed by atoms with Crippen LogP contribution in [0.1, 0.15) is 44.8 Å². The molecule has 1 fully saturated rings. The zero-order valence-corrected chi connectivity index (χ0v) is 13.0. The van der Waals surface area contributed by atoms with Crippen LogP contribution in [0, 0.1) is 5.92 Å². The van der Waals surface area contributed by atoms with Gasteiger partial charge in [-0.15, -0.1) is 0 Å². The summed E-state index contributed by atoms with van der Waals surface area (Å²) in [6, 6.07) is 3.74. The van der Waals surface area contributed by atoms with Crippen molar-refractivity contribution in [1.29, 1.82) is 0 Å². The predicted octanol–water partition coefficient (Wildman–Crippen LogP) is 2.25. The zero-order chi connectivity index (χ0) is 14.6. The maximum Gasteiger partial charge on any atom is 0.273 e. The maximum absolute atomic E-state index is 11.6. The van der Waals surface area contributed by atoms with Gasteiger partial charge in [-0.2, -0.15) is 0 Å². The van der Waals surface area contributed by atoms with Crippen molar-refractivity contribution in [2.45, 2.75) is 56.7 Å². The summed E-state index contributed by atoms with van der Waals surface area (Å²) < 4.78 is 30.8. The van der Waals surface area contributed by atoms with Crippen molar-refractivity contribution >= 4 is 10.0 Å². The summed E-state index contributed by atoms with van der Waals surface area (Å²) in [6.45, 7) is 2.82. The second-order valence-electron chi connectivity index (χ2n) is 5.37. The van der Waals surface area contributed by atoms with Gasteiger partial charge in [0.05, 0.1) is 6.54 Å². The highest BCUT2D eigenvalue weighted by Crippen LogP contribution is 2.27. The quantitative estimate of drug-likeness (QED) is 0.845. The van der Waals surface area contributed by atoms with Crippen molar-refractivity contribution in [3.8, 4) is 0 Å². The molecular formula is C14H24N2O3S. The molecule has 2 unspecified atom stereocenters. The van der Waals surface area contributed by atoms with Gasteiger partial charge in [0.2, 0.25) is 5.09 Å². The van der Waals surface area contributed by atoms with Gasteiger partial charge in [0, 0.05) is 6.04 Å². The van der Waals surface area contributed by atoms with Crippen molar-refractivity contribution in [3.63, 3.8) is 0 Å². The first-order valence-corrected chi connectivity index (χ1v) is 8.80. The molecule has 20 heavy (non-hydrogen) atoms. The molecule has 2 atom stereocenters. The molecule has 1 aromatic rings. The highest BCUT2D eigenvalue weighted by atomic mass is 32.2. The molecule has 0 aromatic carbocycles. The lowest BCUT2D eigenvalue weighted by atomic mass is 9.83. The van der Waals surface area contributed by atoms with Crippen LogP contribution in [0.25, 0.3) is 0 Å². The minimum atomic E-state index is -3.48. The molecule has 0 aliphatic heterocycles. The minimum absolute atomic E-state index is 0.0208. The Labute approximate surface area is 121 Å². The van der Waals surface area contributed by atoms with Crippen molar-refractivity contribution in [2.75, 3.05) is 7.05 Å². The Balaban J connectivity index is 1.94. The minimum Gasteiger partial charge on any atom is -0.447 e. The normalized spacial score (nSPS) is 23.9. The van der Waals surface area contributed by atoms with Gasteiger partial charge in [-0.1, -0.05) is 26.2 Å². The van der Waals surface area contributed by atoms with Gasteiger partial charge >= 0.3 is 0 Å². The Morgan fingerprint density at radius 3 is 2.75 bits per heavy atom. The van der Waals surface area contributed by atoms with E-state index in [0.29, 0.717) is 18.3 Å². The number of sulfonamides is 1. The van der Waals surface area contributed by atoms with Crippen molar-refractivity contribution in [2.24, 2.45) is 5.92 Å². The summed E-state index contributed by atoms with van der Waals surface area (Å²) in [6.07, 6.45) is 6.26. The molecule has 114 valence electrons. The van der Waals surface area contributed by atoms with Gasteiger partial charge < -0.3 is 9.73 Å². The van der Waals surface area contributed by atoms with E-state index in [-0.39, 0.29) is 5.09 Å². The molecule has 6 heteroatoms. The fourth-order valence-electron chi connectivity index (χ4n) is 2.89. The molecular weight excluding hydrogens is 276 g/mol. The van der Waals surface area contributed by atoms with Gasteiger partial charge in [-0.25, -0.2) is 13.1 Å². The molecule has 2 rings (SSSR count). The Bertz CT molecular complexity index is 524. The first-order chi connectivity index (χ1) is 9.56. The lowest BCUT2D eigenvalue weighted by Gasteiger charge is -2.31. The van der Waals surface area contributed by atoms with Crippen LogP contribution in [-0.2, 0) is 16.6 Å². The average molecular weight is 300 g/mol. The van der Waals surface area contributed by atoms with E-state index < -0.39 is 10.0 Å². The second kappa shape index (κ2) is 6.74. The van der Waals surface area contributed by atoms with Gasteiger partial charge in [-0.05, 0) is 37.9 Å². The predicted molar refractivity (Wildman–Crippen MR) is 77.8 cm³/mol. The molecule has 0 saturated heterocycles. The molecule has 1 aromatic heterocycles. The van der Waals surface area contributed by atoms with E-state index >= 15 is 0 Å². The Morgan fingerprint density at radius 1 is 1.30 bits per heavy atom. The molecule has 2 N–H and O–H groups in total. The Kier molecular flexibility index (Phi) is 5.23. The summed E-state index contributed by atoms with van der Waals surface area (Å²) in [5, 5.41) is 3.49. The van der Waals surface area contributed by atoms with Crippen LogP contribution in [0.4, 0.5) is 0 Å². The van der Waals surface area contributed by atoms with E-state index in [1.165, 1.54) is 45.2 Å². The highest BCUT2D eigenvalue weighted by Gasteiger charge is 2.23. The number of hydrogen-bond donors (Lipinski definition) is 2. The third-order valence-electron chi connectivity index (χ3n) is 4.14. The summed E-state index contributed by atoms with van der Waals surface area (Å²) >= 11 is 0. The van der Waals surface area contributed by atoms with Gasteiger partial charge in [-0.3, -0.25) is 0 Å². The number of nitrogens with one attached hydrogen (secondary N) is 2. The van der Waals surface area contributed by atoms with E-state index in [0.717, 1.165) is 5.92 Å². The third kappa shape index (κ3) is 3.62. The topological polar surface area (TPSA) is 71.3 Å². The summed E-state index contributed by atoms with van der Waals surface area (Å²) in [5.41, 5.74) is 0. The Hall–Kier alpha value is -0.850. The second-order valence-corrected chi connectivity index (χ2v) is 7.19. The maximum atomic E-state index is 11.6. The van der Waals surface area contributed by atoms with Gasteiger partial charge in [0.1, 0.15) is 5.76 Å². The van der Waals surface area contributed by atoms with Crippen LogP contribution in [-0.4, -0.2) is 21.5 Å². The lowest BCUT2D eigenvalue weighted by molar-refractivity contribution is 0.247. The standard InChI is InChI=1S/C14H24N2O3S/c1-3-11-6-4-5-7-13(11)16-10-12-8-9-14(19-12)20(17,18)15-2/h8-9,11,13,15-16H,3-7,10H2,1-2H3. The van der Waals surface area contributed by atoms with Crippen LogP contribution in [0.5, 0.6) is 0 Å². The zero-order valence-electron chi connectivity index (χ0n) is 12.2. The average Bonchev–Trinajstić information content (AvgIpc) is 2.95. The molecule has 0 bridgehead atoms. The lowest BCUT2D eigenvalue weighted by Crippen LogP contribution is -2.37. The SMILES string of the molecule is CCC1CCCCC1NCc1ccc(S(=O)(=O)NC)o1. The van der Waals surface area contributed by atoms with Crippen LogP contribution in [0.2, 0.25) is 0 Å². The molecule has 5 nitrogen and oxygen atoms in total. The molecule has 0 spiro atoms. The molecule has 0 radical (unpaired) electrons. The van der Waals surface area contributed by atoms with E-state index in [9.17, 15) is 8.42 Å². The van der Waals surface area contributed by atoms with E-state index in [4.69, 9.17) is 4.42 Å². The number of furan rings is 1. The largest absolute Gasteiger partial charge is 0.447 e. The summed E-state index contributed by atoms with van der Waals surface area (Å²) in [4.78, 5) is 0. The fraction of sp³-hybridized carbons (Fsp3) is 0.714. The molecule has 1 aliphatic carbocycles. The van der Waals surface area contributed by atoms with Gasteiger partial charge in [0.15, 0.2) is 0 Å². The number of rotatable bonds is 6. The van der Waals surface area contributed by atoms with Gasteiger partial charge in [0.25, 0.3) is 10.0 Å². The molecule has 1 aliphatic rings. The van der Waals surface area contributed by atoms with E-state index in [1.54, 1.807) is 6.07 Å². The van der Waals surface area contributed by atoms with Crippen LogP contribution >= 0.6 is 0 Å². The molecule has 0 amide bonds. The van der Waals surface area contributed by atoms with Crippen molar-refractivity contribution in [3.05, 3.63) is 17.9 Å². The smallest absolute Gasteiger partial charge is 0.273 e. The van der Waals surface area contributed by atoms with Crippen LogP contribution < -0.4 is 10.0 Å². The van der Waals surface area contributed by atoms with Crippen molar-refractivity contribution in [1.82, 2.24) is 10.0 Å². The molecule has 1 heterocycles.